The molecular weight excluding hydrogens is 229 g/mol. The number of carbonyl (C=O) groups excluding carboxylic acids is 1. The van der Waals surface area contributed by atoms with E-state index in [-0.39, 0.29) is 17.3 Å². The van der Waals surface area contributed by atoms with Crippen LogP contribution in [-0.4, -0.2) is 29.8 Å². The van der Waals surface area contributed by atoms with E-state index in [9.17, 15) is 9.18 Å². The molecule has 1 aromatic carbocycles. The molecule has 1 atom stereocenters. The molecule has 3 heteroatoms. The van der Waals surface area contributed by atoms with Crippen molar-refractivity contribution in [2.24, 2.45) is 5.92 Å². The van der Waals surface area contributed by atoms with Gasteiger partial charge in [-0.1, -0.05) is 26.0 Å². The Hall–Kier alpha value is -1.22. The summed E-state index contributed by atoms with van der Waals surface area (Å²) >= 11 is 0. The number of benzene rings is 1. The van der Waals surface area contributed by atoms with Gasteiger partial charge in [-0.2, -0.15) is 0 Å². The third-order valence-electron chi connectivity index (χ3n) is 3.56. The molecule has 1 fully saturated rings. The number of halogens is 1. The minimum Gasteiger partial charge on any atom is -0.300 e. The first-order valence-electron chi connectivity index (χ1n) is 6.66. The van der Waals surface area contributed by atoms with Gasteiger partial charge in [-0.05, 0) is 31.5 Å². The van der Waals surface area contributed by atoms with Gasteiger partial charge >= 0.3 is 0 Å². The molecule has 18 heavy (non-hydrogen) atoms. The number of hydrogen-bond donors (Lipinski definition) is 0. The molecule has 2 rings (SSSR count). The first-order chi connectivity index (χ1) is 8.63. The second-order valence-electron chi connectivity index (χ2n) is 5.06. The number of nitrogens with zero attached hydrogens (tertiary/aromatic N) is 1. The molecule has 1 unspecified atom stereocenters. The van der Waals surface area contributed by atoms with Crippen molar-refractivity contribution in [1.82, 2.24) is 4.90 Å². The topological polar surface area (TPSA) is 20.3 Å². The minimum atomic E-state index is -0.413. The first kappa shape index (κ1) is 13.2. The summed E-state index contributed by atoms with van der Waals surface area (Å²) in [5.74, 6) is -0.654. The van der Waals surface area contributed by atoms with Crippen molar-refractivity contribution in [3.63, 3.8) is 0 Å². The van der Waals surface area contributed by atoms with Gasteiger partial charge in [0.15, 0.2) is 5.78 Å². The summed E-state index contributed by atoms with van der Waals surface area (Å²) in [6, 6.07) is 6.88. The molecule has 0 amide bonds. The van der Waals surface area contributed by atoms with E-state index in [2.05, 4.69) is 11.8 Å². The van der Waals surface area contributed by atoms with Gasteiger partial charge in [-0.3, -0.25) is 9.69 Å². The second-order valence-corrected chi connectivity index (χ2v) is 5.06. The van der Waals surface area contributed by atoms with Crippen LogP contribution in [-0.2, 0) is 0 Å². The normalized spacial score (nSPS) is 16.9. The molecule has 0 N–H and O–H groups in total. The molecule has 1 saturated carbocycles. The van der Waals surface area contributed by atoms with Gasteiger partial charge in [0.05, 0.1) is 5.56 Å². The molecule has 0 bridgehead atoms. The van der Waals surface area contributed by atoms with E-state index in [1.54, 1.807) is 18.2 Å². The molecule has 0 aromatic heterocycles. The lowest BCUT2D eigenvalue weighted by molar-refractivity contribution is 0.0888. The molecule has 0 radical (unpaired) electrons. The maximum atomic E-state index is 13.6. The zero-order valence-electron chi connectivity index (χ0n) is 11.0. The van der Waals surface area contributed by atoms with E-state index in [4.69, 9.17) is 0 Å². The highest BCUT2D eigenvalue weighted by molar-refractivity contribution is 5.98. The van der Waals surface area contributed by atoms with Crippen LogP contribution in [0.3, 0.4) is 0 Å². The Bertz CT molecular complexity index is 428. The Kier molecular flexibility index (Phi) is 4.12. The number of carbonyl (C=O) groups is 1. The van der Waals surface area contributed by atoms with Crippen LogP contribution in [0.5, 0.6) is 0 Å². The Morgan fingerprint density at radius 2 is 2.11 bits per heavy atom. The maximum absolute atomic E-state index is 13.6. The largest absolute Gasteiger partial charge is 0.300 e. The van der Waals surface area contributed by atoms with Crippen molar-refractivity contribution in [3.8, 4) is 0 Å². The van der Waals surface area contributed by atoms with Crippen LogP contribution in [0.4, 0.5) is 4.39 Å². The smallest absolute Gasteiger partial charge is 0.169 e. The molecule has 2 nitrogen and oxygen atoms in total. The van der Waals surface area contributed by atoms with Crippen LogP contribution < -0.4 is 0 Å². The summed E-state index contributed by atoms with van der Waals surface area (Å²) in [4.78, 5) is 14.5. The highest BCUT2D eigenvalue weighted by Crippen LogP contribution is 2.27. The molecule has 0 aliphatic heterocycles. The maximum Gasteiger partial charge on any atom is 0.169 e. The summed E-state index contributed by atoms with van der Waals surface area (Å²) in [5.41, 5.74) is 0.219. The van der Waals surface area contributed by atoms with Gasteiger partial charge < -0.3 is 0 Å². The van der Waals surface area contributed by atoms with Gasteiger partial charge in [-0.15, -0.1) is 0 Å². The van der Waals surface area contributed by atoms with E-state index in [0.717, 1.165) is 13.1 Å². The summed E-state index contributed by atoms with van der Waals surface area (Å²) in [7, 11) is 0. The predicted molar refractivity (Wildman–Crippen MR) is 70.2 cm³/mol. The fourth-order valence-electron chi connectivity index (χ4n) is 2.34. The molecule has 1 aliphatic rings. The van der Waals surface area contributed by atoms with Crippen molar-refractivity contribution in [1.29, 1.82) is 0 Å². The summed E-state index contributed by atoms with van der Waals surface area (Å²) < 4.78 is 13.6. The van der Waals surface area contributed by atoms with Crippen molar-refractivity contribution >= 4 is 5.78 Å². The lowest BCUT2D eigenvalue weighted by Crippen LogP contribution is -2.33. The zero-order valence-corrected chi connectivity index (χ0v) is 11.0. The van der Waals surface area contributed by atoms with Gasteiger partial charge in [0.2, 0.25) is 0 Å². The summed E-state index contributed by atoms with van der Waals surface area (Å²) in [5, 5.41) is 0. The van der Waals surface area contributed by atoms with Gasteiger partial charge in [0, 0.05) is 18.5 Å². The second kappa shape index (κ2) is 5.61. The van der Waals surface area contributed by atoms with Crippen molar-refractivity contribution < 1.29 is 9.18 Å². The van der Waals surface area contributed by atoms with E-state index in [0.29, 0.717) is 6.04 Å². The van der Waals surface area contributed by atoms with Crippen LogP contribution >= 0.6 is 0 Å². The Morgan fingerprint density at radius 1 is 1.44 bits per heavy atom. The SMILES string of the molecule is CCN(CC(C)C(=O)c1ccccc1F)C1CC1. The van der Waals surface area contributed by atoms with Crippen LogP contribution in [0.15, 0.2) is 24.3 Å². The third kappa shape index (κ3) is 2.96. The molecule has 1 aromatic rings. The molecular formula is C15H20FNO. The molecule has 0 heterocycles. The van der Waals surface area contributed by atoms with E-state index < -0.39 is 5.82 Å². The molecule has 0 saturated heterocycles. The van der Waals surface area contributed by atoms with Gasteiger partial charge in [-0.25, -0.2) is 4.39 Å². The fraction of sp³-hybridized carbons (Fsp3) is 0.533. The Labute approximate surface area is 108 Å². The summed E-state index contributed by atoms with van der Waals surface area (Å²) in [6.07, 6.45) is 2.46. The van der Waals surface area contributed by atoms with E-state index >= 15 is 0 Å². The number of rotatable bonds is 6. The number of ketones is 1. The third-order valence-corrected chi connectivity index (χ3v) is 3.56. The highest BCUT2D eigenvalue weighted by Gasteiger charge is 2.30. The average molecular weight is 249 g/mol. The Morgan fingerprint density at radius 3 is 2.67 bits per heavy atom. The minimum absolute atomic E-state index is 0.0906. The van der Waals surface area contributed by atoms with Crippen LogP contribution in [0.1, 0.15) is 37.0 Å². The van der Waals surface area contributed by atoms with Gasteiger partial charge in [0.1, 0.15) is 5.82 Å². The van der Waals surface area contributed by atoms with E-state index in [1.165, 1.54) is 18.9 Å². The standard InChI is InChI=1S/C15H20FNO/c1-3-17(12-8-9-12)10-11(2)15(18)13-6-4-5-7-14(13)16/h4-7,11-12H,3,8-10H2,1-2H3. The molecule has 98 valence electrons. The highest BCUT2D eigenvalue weighted by atomic mass is 19.1. The van der Waals surface area contributed by atoms with Crippen LogP contribution in [0.25, 0.3) is 0 Å². The zero-order chi connectivity index (χ0) is 13.1. The number of hydrogen-bond acceptors (Lipinski definition) is 2. The van der Waals surface area contributed by atoms with Crippen molar-refractivity contribution in [2.75, 3.05) is 13.1 Å². The quantitative estimate of drug-likeness (QED) is 0.722. The first-order valence-corrected chi connectivity index (χ1v) is 6.66. The summed E-state index contributed by atoms with van der Waals surface area (Å²) in [6.45, 7) is 5.69. The van der Waals surface area contributed by atoms with Crippen molar-refractivity contribution in [2.45, 2.75) is 32.7 Å². The molecule has 0 spiro atoms. The molecule has 1 aliphatic carbocycles. The Balaban J connectivity index is 2.02. The monoisotopic (exact) mass is 249 g/mol. The lowest BCUT2D eigenvalue weighted by Gasteiger charge is -2.23. The average Bonchev–Trinajstić information content (AvgIpc) is 3.19. The fourth-order valence-corrected chi connectivity index (χ4v) is 2.34. The van der Waals surface area contributed by atoms with Crippen molar-refractivity contribution in [3.05, 3.63) is 35.6 Å². The number of Topliss-reactive ketones (excluding diaryl/α,β-unsaturated/α-hetero) is 1. The van der Waals surface area contributed by atoms with Crippen LogP contribution in [0.2, 0.25) is 0 Å². The van der Waals surface area contributed by atoms with Crippen LogP contribution in [0, 0.1) is 11.7 Å². The van der Waals surface area contributed by atoms with Gasteiger partial charge in [0.25, 0.3) is 0 Å². The van der Waals surface area contributed by atoms with E-state index in [1.807, 2.05) is 6.92 Å². The predicted octanol–water partition coefficient (Wildman–Crippen LogP) is 3.13. The lowest BCUT2D eigenvalue weighted by atomic mass is 9.98.